The second kappa shape index (κ2) is 13.0. The lowest BCUT2D eigenvalue weighted by atomic mass is 9.77. The summed E-state index contributed by atoms with van der Waals surface area (Å²) in [5.74, 6) is 4.35. The van der Waals surface area contributed by atoms with Gasteiger partial charge in [0.15, 0.2) is 0 Å². The summed E-state index contributed by atoms with van der Waals surface area (Å²) in [5.41, 5.74) is 1.61. The molecule has 1 aliphatic carbocycles. The fourth-order valence-corrected chi connectivity index (χ4v) is 4.86. The van der Waals surface area contributed by atoms with Gasteiger partial charge in [-0.05, 0) is 67.8 Å². The average Bonchev–Trinajstić information content (AvgIpc) is 2.64. The maximum atomic E-state index is 6.10. The topological polar surface area (TPSA) is 0 Å². The van der Waals surface area contributed by atoms with Crippen LogP contribution in [0.4, 0.5) is 0 Å². The van der Waals surface area contributed by atoms with Crippen LogP contribution in [0.15, 0.2) is 22.8 Å². The molecule has 0 aliphatic heterocycles. The van der Waals surface area contributed by atoms with Crippen LogP contribution in [-0.4, -0.2) is 0 Å². The zero-order valence-electron chi connectivity index (χ0n) is 18.5. The Bertz CT molecular complexity index is 433. The van der Waals surface area contributed by atoms with Crippen molar-refractivity contribution in [2.24, 2.45) is 29.6 Å². The first kappa shape index (κ1) is 23.8. The van der Waals surface area contributed by atoms with Crippen molar-refractivity contribution in [2.45, 2.75) is 106 Å². The zero-order chi connectivity index (χ0) is 19.5. The van der Waals surface area contributed by atoms with Crippen LogP contribution in [0.1, 0.15) is 106 Å². The Morgan fingerprint density at radius 3 is 2.12 bits per heavy atom. The van der Waals surface area contributed by atoms with Gasteiger partial charge in [-0.25, -0.2) is 0 Å². The van der Waals surface area contributed by atoms with Gasteiger partial charge in [0, 0.05) is 5.03 Å². The minimum atomic E-state index is 0.848. The standard InChI is InChI=1S/C25H45Cl/c1-7-10-24(9-3)21(6)17-20(5)19(4)11-12-22(8-2)18-23-13-15-25(26)16-14-23/h13,15,19-22,24H,7-12,14,16-18H2,1-6H3. The zero-order valence-corrected chi connectivity index (χ0v) is 19.2. The predicted molar refractivity (Wildman–Crippen MR) is 120 cm³/mol. The van der Waals surface area contributed by atoms with Gasteiger partial charge in [-0.3, -0.25) is 0 Å². The molecule has 0 aromatic carbocycles. The molecule has 0 bridgehead atoms. The van der Waals surface area contributed by atoms with E-state index in [1.165, 1.54) is 57.8 Å². The number of hydrogen-bond donors (Lipinski definition) is 0. The number of halogens is 1. The van der Waals surface area contributed by atoms with E-state index in [0.717, 1.165) is 41.0 Å². The summed E-state index contributed by atoms with van der Waals surface area (Å²) < 4.78 is 0. The molecule has 26 heavy (non-hydrogen) atoms. The molecule has 0 amide bonds. The van der Waals surface area contributed by atoms with Gasteiger partial charge >= 0.3 is 0 Å². The molecule has 152 valence electrons. The van der Waals surface area contributed by atoms with E-state index in [9.17, 15) is 0 Å². The molecule has 0 spiro atoms. The van der Waals surface area contributed by atoms with Crippen molar-refractivity contribution in [1.82, 2.24) is 0 Å². The van der Waals surface area contributed by atoms with Crippen molar-refractivity contribution in [3.63, 3.8) is 0 Å². The van der Waals surface area contributed by atoms with Gasteiger partial charge in [0.05, 0.1) is 0 Å². The summed E-state index contributed by atoms with van der Waals surface area (Å²) >= 11 is 6.10. The lowest BCUT2D eigenvalue weighted by Gasteiger charge is -2.29. The average molecular weight is 381 g/mol. The van der Waals surface area contributed by atoms with E-state index in [-0.39, 0.29) is 0 Å². The first-order valence-electron chi connectivity index (χ1n) is 11.4. The van der Waals surface area contributed by atoms with E-state index in [4.69, 9.17) is 11.6 Å². The SMILES string of the molecule is CCCC(CC)C(C)CC(C)C(C)CCC(CC)CC1=CC=C(Cl)CC1. The molecule has 0 N–H and O–H groups in total. The second-order valence-corrected chi connectivity index (χ2v) is 9.60. The number of rotatable bonds is 13. The van der Waals surface area contributed by atoms with Gasteiger partial charge in [-0.2, -0.15) is 0 Å². The highest BCUT2D eigenvalue weighted by molar-refractivity contribution is 6.29. The Morgan fingerprint density at radius 1 is 0.846 bits per heavy atom. The predicted octanol–water partition coefficient (Wildman–Crippen LogP) is 9.15. The highest BCUT2D eigenvalue weighted by Gasteiger charge is 2.21. The molecule has 5 atom stereocenters. The number of hydrogen-bond acceptors (Lipinski definition) is 0. The van der Waals surface area contributed by atoms with E-state index in [2.05, 4.69) is 53.7 Å². The third-order valence-electron chi connectivity index (χ3n) is 7.05. The van der Waals surface area contributed by atoms with Gasteiger partial charge in [0.2, 0.25) is 0 Å². The molecule has 0 saturated heterocycles. The highest BCUT2D eigenvalue weighted by atomic mass is 35.5. The minimum Gasteiger partial charge on any atom is -0.0891 e. The highest BCUT2D eigenvalue weighted by Crippen LogP contribution is 2.33. The van der Waals surface area contributed by atoms with E-state index < -0.39 is 0 Å². The summed E-state index contributed by atoms with van der Waals surface area (Å²) in [6.45, 7) is 14.6. The van der Waals surface area contributed by atoms with E-state index in [1.54, 1.807) is 5.57 Å². The summed E-state index contributed by atoms with van der Waals surface area (Å²) in [5, 5.41) is 1.02. The third-order valence-corrected chi connectivity index (χ3v) is 7.36. The molecule has 0 nitrogen and oxygen atoms in total. The molecule has 0 fully saturated rings. The van der Waals surface area contributed by atoms with E-state index in [0.29, 0.717) is 0 Å². The maximum absolute atomic E-state index is 6.10. The van der Waals surface area contributed by atoms with Crippen molar-refractivity contribution in [3.8, 4) is 0 Å². The molecule has 1 rings (SSSR count). The first-order valence-corrected chi connectivity index (χ1v) is 11.8. The van der Waals surface area contributed by atoms with Crippen molar-refractivity contribution < 1.29 is 0 Å². The largest absolute Gasteiger partial charge is 0.0891 e. The monoisotopic (exact) mass is 380 g/mol. The van der Waals surface area contributed by atoms with Crippen molar-refractivity contribution >= 4 is 11.6 Å². The van der Waals surface area contributed by atoms with Crippen LogP contribution in [0.25, 0.3) is 0 Å². The maximum Gasteiger partial charge on any atom is 0.0184 e. The summed E-state index contributed by atoms with van der Waals surface area (Å²) in [4.78, 5) is 0. The molecule has 0 saturated carbocycles. The molecule has 5 unspecified atom stereocenters. The summed E-state index contributed by atoms with van der Waals surface area (Å²) in [6, 6.07) is 0. The van der Waals surface area contributed by atoms with E-state index >= 15 is 0 Å². The molecular formula is C25H45Cl. The van der Waals surface area contributed by atoms with Crippen LogP contribution in [0.2, 0.25) is 0 Å². The third kappa shape index (κ3) is 8.64. The Kier molecular flexibility index (Phi) is 11.9. The van der Waals surface area contributed by atoms with E-state index in [1.807, 2.05) is 0 Å². The van der Waals surface area contributed by atoms with Crippen molar-refractivity contribution in [3.05, 3.63) is 22.8 Å². The van der Waals surface area contributed by atoms with Crippen molar-refractivity contribution in [2.75, 3.05) is 0 Å². The van der Waals surface area contributed by atoms with Crippen LogP contribution in [-0.2, 0) is 0 Å². The lowest BCUT2D eigenvalue weighted by Crippen LogP contribution is -2.18. The van der Waals surface area contributed by atoms with Crippen LogP contribution < -0.4 is 0 Å². The fourth-order valence-electron chi connectivity index (χ4n) is 4.70. The van der Waals surface area contributed by atoms with Gasteiger partial charge in [0.1, 0.15) is 0 Å². The second-order valence-electron chi connectivity index (χ2n) is 9.12. The van der Waals surface area contributed by atoms with Crippen molar-refractivity contribution in [1.29, 1.82) is 0 Å². The minimum absolute atomic E-state index is 0.848. The molecule has 0 aromatic rings. The van der Waals surface area contributed by atoms with Crippen LogP contribution >= 0.6 is 11.6 Å². The molecular weight excluding hydrogens is 336 g/mol. The Hall–Kier alpha value is -0.230. The molecule has 1 aliphatic rings. The van der Waals surface area contributed by atoms with Gasteiger partial charge in [-0.1, -0.05) is 96.9 Å². The Morgan fingerprint density at radius 2 is 1.58 bits per heavy atom. The molecule has 0 radical (unpaired) electrons. The lowest BCUT2D eigenvalue weighted by molar-refractivity contribution is 0.222. The van der Waals surface area contributed by atoms with Crippen LogP contribution in [0, 0.1) is 29.6 Å². The normalized spacial score (nSPS) is 20.7. The quantitative estimate of drug-likeness (QED) is 0.298. The van der Waals surface area contributed by atoms with Gasteiger partial charge in [0.25, 0.3) is 0 Å². The molecule has 0 aromatic heterocycles. The molecule has 0 heterocycles. The number of allylic oxidation sites excluding steroid dienone is 4. The summed E-state index contributed by atoms with van der Waals surface area (Å²) in [7, 11) is 0. The summed E-state index contributed by atoms with van der Waals surface area (Å²) in [6.07, 6.45) is 17.5. The van der Waals surface area contributed by atoms with Gasteiger partial charge in [-0.15, -0.1) is 0 Å². The van der Waals surface area contributed by atoms with Crippen LogP contribution in [0.3, 0.4) is 0 Å². The first-order chi connectivity index (χ1) is 12.4. The van der Waals surface area contributed by atoms with Gasteiger partial charge < -0.3 is 0 Å². The Balaban J connectivity index is 2.41. The smallest absolute Gasteiger partial charge is 0.0184 e. The Labute approximate surface area is 169 Å². The van der Waals surface area contributed by atoms with Crippen LogP contribution in [0.5, 0.6) is 0 Å². The fraction of sp³-hybridized carbons (Fsp3) is 0.840. The molecule has 1 heteroatoms.